The second-order valence-corrected chi connectivity index (χ2v) is 6.41. The molecule has 1 saturated carbocycles. The minimum absolute atomic E-state index is 0.0802. The predicted octanol–water partition coefficient (Wildman–Crippen LogP) is 3.42. The van der Waals surface area contributed by atoms with Crippen LogP contribution in [0.1, 0.15) is 41.7 Å². The lowest BCUT2D eigenvalue weighted by Crippen LogP contribution is -2.33. The third kappa shape index (κ3) is 4.95. The first-order valence-electron chi connectivity index (χ1n) is 8.88. The van der Waals surface area contributed by atoms with Gasteiger partial charge in [0.15, 0.2) is 0 Å². The van der Waals surface area contributed by atoms with Gasteiger partial charge in [-0.25, -0.2) is 0 Å². The molecular weight excluding hydrogens is 314 g/mol. The SMILES string of the molecule is COc1cccc(CCNc2ccnc(C(=O)NC3CCCC3)c2)c1. The summed E-state index contributed by atoms with van der Waals surface area (Å²) in [7, 11) is 1.67. The largest absolute Gasteiger partial charge is 0.497 e. The highest BCUT2D eigenvalue weighted by Gasteiger charge is 2.18. The van der Waals surface area contributed by atoms with Gasteiger partial charge in [-0.2, -0.15) is 0 Å². The van der Waals surface area contributed by atoms with E-state index in [0.717, 1.165) is 37.2 Å². The summed E-state index contributed by atoms with van der Waals surface area (Å²) >= 11 is 0. The molecule has 1 aromatic heterocycles. The van der Waals surface area contributed by atoms with Crippen LogP contribution in [0.25, 0.3) is 0 Å². The van der Waals surface area contributed by atoms with Gasteiger partial charge in [-0.15, -0.1) is 0 Å². The number of carbonyl (C=O) groups is 1. The molecule has 0 spiro atoms. The zero-order valence-corrected chi connectivity index (χ0v) is 14.6. The molecule has 0 atom stereocenters. The molecule has 0 aliphatic heterocycles. The first-order chi connectivity index (χ1) is 12.2. The van der Waals surface area contributed by atoms with Crippen molar-refractivity contribution in [3.05, 3.63) is 53.9 Å². The minimum Gasteiger partial charge on any atom is -0.497 e. The summed E-state index contributed by atoms with van der Waals surface area (Å²) in [4.78, 5) is 16.5. The van der Waals surface area contributed by atoms with Gasteiger partial charge in [-0.3, -0.25) is 9.78 Å². The van der Waals surface area contributed by atoms with Crippen molar-refractivity contribution in [1.82, 2.24) is 10.3 Å². The molecule has 0 bridgehead atoms. The van der Waals surface area contributed by atoms with E-state index in [0.29, 0.717) is 11.7 Å². The normalized spacial score (nSPS) is 14.3. The average molecular weight is 339 g/mol. The second kappa shape index (κ2) is 8.51. The average Bonchev–Trinajstić information content (AvgIpc) is 3.15. The third-order valence-corrected chi connectivity index (χ3v) is 4.56. The van der Waals surface area contributed by atoms with Crippen molar-refractivity contribution in [1.29, 1.82) is 0 Å². The van der Waals surface area contributed by atoms with Crippen LogP contribution in [0.15, 0.2) is 42.6 Å². The molecule has 1 heterocycles. The summed E-state index contributed by atoms with van der Waals surface area (Å²) in [5, 5.41) is 6.43. The van der Waals surface area contributed by atoms with Crippen molar-refractivity contribution in [2.75, 3.05) is 19.0 Å². The van der Waals surface area contributed by atoms with Crippen LogP contribution in [-0.4, -0.2) is 30.6 Å². The lowest BCUT2D eigenvalue weighted by molar-refractivity contribution is 0.0933. The quantitative estimate of drug-likeness (QED) is 0.811. The van der Waals surface area contributed by atoms with E-state index in [-0.39, 0.29) is 5.91 Å². The van der Waals surface area contributed by atoms with Crippen LogP contribution in [0.5, 0.6) is 5.75 Å². The van der Waals surface area contributed by atoms with Crippen molar-refractivity contribution < 1.29 is 9.53 Å². The Kier molecular flexibility index (Phi) is 5.88. The summed E-state index contributed by atoms with van der Waals surface area (Å²) in [6.07, 6.45) is 7.10. The molecule has 0 radical (unpaired) electrons. The number of ether oxygens (including phenoxy) is 1. The number of rotatable bonds is 7. The molecule has 1 fully saturated rings. The van der Waals surface area contributed by atoms with Crippen molar-refractivity contribution in [3.63, 3.8) is 0 Å². The van der Waals surface area contributed by atoms with E-state index in [1.165, 1.54) is 18.4 Å². The number of carbonyl (C=O) groups excluding carboxylic acids is 1. The Hall–Kier alpha value is -2.56. The zero-order chi connectivity index (χ0) is 17.5. The molecule has 132 valence electrons. The van der Waals surface area contributed by atoms with Gasteiger partial charge in [0.25, 0.3) is 5.91 Å². The summed E-state index contributed by atoms with van der Waals surface area (Å²) in [6, 6.07) is 12.1. The number of pyridine rings is 1. The third-order valence-electron chi connectivity index (χ3n) is 4.56. The van der Waals surface area contributed by atoms with Crippen molar-refractivity contribution in [2.24, 2.45) is 0 Å². The minimum atomic E-state index is -0.0802. The van der Waals surface area contributed by atoms with Crippen molar-refractivity contribution >= 4 is 11.6 Å². The molecular formula is C20H25N3O2. The van der Waals surface area contributed by atoms with E-state index < -0.39 is 0 Å². The number of aromatic nitrogens is 1. The number of nitrogens with one attached hydrogen (secondary N) is 2. The molecule has 5 nitrogen and oxygen atoms in total. The Morgan fingerprint density at radius 3 is 2.88 bits per heavy atom. The number of benzene rings is 1. The standard InChI is InChI=1S/C20H25N3O2/c1-25-18-8-4-5-15(13-18)9-11-21-17-10-12-22-19(14-17)20(24)23-16-6-2-3-7-16/h4-5,8,10,12-14,16H,2-3,6-7,9,11H2,1H3,(H,21,22)(H,23,24). The van der Waals surface area contributed by atoms with E-state index in [1.54, 1.807) is 13.3 Å². The highest BCUT2D eigenvalue weighted by molar-refractivity contribution is 5.93. The fourth-order valence-electron chi connectivity index (χ4n) is 3.17. The molecule has 0 unspecified atom stereocenters. The predicted molar refractivity (Wildman–Crippen MR) is 99.1 cm³/mol. The zero-order valence-electron chi connectivity index (χ0n) is 14.6. The maximum atomic E-state index is 12.3. The topological polar surface area (TPSA) is 63.2 Å². The van der Waals surface area contributed by atoms with E-state index in [1.807, 2.05) is 30.3 Å². The van der Waals surface area contributed by atoms with Crippen LogP contribution < -0.4 is 15.4 Å². The van der Waals surface area contributed by atoms with Crippen LogP contribution in [0.2, 0.25) is 0 Å². The van der Waals surface area contributed by atoms with Gasteiger partial charge in [0.05, 0.1) is 7.11 Å². The fourth-order valence-corrected chi connectivity index (χ4v) is 3.17. The molecule has 25 heavy (non-hydrogen) atoms. The number of anilines is 1. The number of methoxy groups -OCH3 is 1. The Morgan fingerprint density at radius 2 is 2.08 bits per heavy atom. The number of amides is 1. The van der Waals surface area contributed by atoms with E-state index in [9.17, 15) is 4.79 Å². The lowest BCUT2D eigenvalue weighted by Gasteiger charge is -2.12. The summed E-state index contributed by atoms with van der Waals surface area (Å²) in [6.45, 7) is 0.779. The Bertz CT molecular complexity index is 712. The molecule has 3 rings (SSSR count). The van der Waals surface area contributed by atoms with Crippen LogP contribution in [0.3, 0.4) is 0 Å². The van der Waals surface area contributed by atoms with Crippen molar-refractivity contribution in [3.8, 4) is 5.75 Å². The summed E-state index contributed by atoms with van der Waals surface area (Å²) in [5.41, 5.74) is 2.59. The van der Waals surface area contributed by atoms with Gasteiger partial charge in [-0.05, 0) is 49.1 Å². The molecule has 1 aliphatic rings. The van der Waals surface area contributed by atoms with Crippen molar-refractivity contribution in [2.45, 2.75) is 38.1 Å². The van der Waals surface area contributed by atoms with Gasteiger partial charge < -0.3 is 15.4 Å². The monoisotopic (exact) mass is 339 g/mol. The molecule has 1 aliphatic carbocycles. The van der Waals surface area contributed by atoms with Crippen LogP contribution in [0, 0.1) is 0 Å². The smallest absolute Gasteiger partial charge is 0.270 e. The van der Waals surface area contributed by atoms with Gasteiger partial charge >= 0.3 is 0 Å². The molecule has 2 aromatic rings. The fraction of sp³-hybridized carbons (Fsp3) is 0.400. The molecule has 5 heteroatoms. The van der Waals surface area contributed by atoms with Gasteiger partial charge in [0.2, 0.25) is 0 Å². The van der Waals surface area contributed by atoms with Gasteiger partial charge in [0, 0.05) is 24.5 Å². The molecule has 1 aromatic carbocycles. The van der Waals surface area contributed by atoms with Crippen LogP contribution in [-0.2, 0) is 6.42 Å². The number of hydrogen-bond donors (Lipinski definition) is 2. The lowest BCUT2D eigenvalue weighted by atomic mass is 10.1. The van der Waals surface area contributed by atoms with Crippen LogP contribution >= 0.6 is 0 Å². The van der Waals surface area contributed by atoms with E-state index in [2.05, 4.69) is 21.7 Å². The maximum absolute atomic E-state index is 12.3. The first-order valence-corrected chi connectivity index (χ1v) is 8.88. The Morgan fingerprint density at radius 1 is 1.24 bits per heavy atom. The molecule has 2 N–H and O–H groups in total. The first kappa shape index (κ1) is 17.3. The van der Waals surface area contributed by atoms with Crippen LogP contribution in [0.4, 0.5) is 5.69 Å². The van der Waals surface area contributed by atoms with E-state index >= 15 is 0 Å². The van der Waals surface area contributed by atoms with E-state index in [4.69, 9.17) is 4.74 Å². The maximum Gasteiger partial charge on any atom is 0.270 e. The second-order valence-electron chi connectivity index (χ2n) is 6.41. The highest BCUT2D eigenvalue weighted by Crippen LogP contribution is 2.18. The highest BCUT2D eigenvalue weighted by atomic mass is 16.5. The van der Waals surface area contributed by atoms with Gasteiger partial charge in [0.1, 0.15) is 11.4 Å². The number of nitrogens with zero attached hydrogens (tertiary/aromatic N) is 1. The molecule has 1 amide bonds. The summed E-state index contributed by atoms with van der Waals surface area (Å²) < 4.78 is 5.24. The van der Waals surface area contributed by atoms with Gasteiger partial charge in [-0.1, -0.05) is 25.0 Å². The molecule has 0 saturated heterocycles. The Labute approximate surface area is 148 Å². The number of hydrogen-bond acceptors (Lipinski definition) is 4. The Balaban J connectivity index is 1.53. The summed E-state index contributed by atoms with van der Waals surface area (Å²) in [5.74, 6) is 0.788.